The summed E-state index contributed by atoms with van der Waals surface area (Å²) in [5.41, 5.74) is 2.19. The average Bonchev–Trinajstić information content (AvgIpc) is 3.03. The van der Waals surface area contributed by atoms with Gasteiger partial charge in [0.25, 0.3) is 0 Å². The molecule has 3 heterocycles. The van der Waals surface area contributed by atoms with Crippen molar-refractivity contribution >= 4 is 11.2 Å². The van der Waals surface area contributed by atoms with Crippen molar-refractivity contribution in [3.8, 4) is 0 Å². The van der Waals surface area contributed by atoms with Crippen LogP contribution in [0.1, 0.15) is 33.0 Å². The number of pyridine rings is 1. The molecule has 0 amide bonds. The molecule has 1 unspecified atom stereocenters. The van der Waals surface area contributed by atoms with Gasteiger partial charge in [-0.05, 0) is 37.9 Å². The molecule has 0 radical (unpaired) electrons. The molecule has 4 heteroatoms. The molecule has 1 aliphatic rings. The Kier molecular flexibility index (Phi) is 3.05. The van der Waals surface area contributed by atoms with E-state index < -0.39 is 0 Å². The van der Waals surface area contributed by atoms with Crippen LogP contribution in [0.3, 0.4) is 0 Å². The van der Waals surface area contributed by atoms with Gasteiger partial charge in [-0.1, -0.05) is 13.8 Å². The van der Waals surface area contributed by atoms with Crippen LogP contribution in [0.2, 0.25) is 0 Å². The van der Waals surface area contributed by atoms with Crippen molar-refractivity contribution in [2.24, 2.45) is 5.92 Å². The van der Waals surface area contributed by atoms with Crippen LogP contribution in [0.5, 0.6) is 0 Å². The van der Waals surface area contributed by atoms with Crippen molar-refractivity contribution in [2.45, 2.75) is 39.2 Å². The summed E-state index contributed by atoms with van der Waals surface area (Å²) in [7, 11) is 0. The second-order valence-corrected chi connectivity index (χ2v) is 5.76. The van der Waals surface area contributed by atoms with Crippen molar-refractivity contribution in [3.63, 3.8) is 0 Å². The monoisotopic (exact) mass is 258 g/mol. The molecule has 19 heavy (non-hydrogen) atoms. The van der Waals surface area contributed by atoms with Crippen LogP contribution >= 0.6 is 0 Å². The molecule has 0 bridgehead atoms. The zero-order valence-corrected chi connectivity index (χ0v) is 12.0. The first kappa shape index (κ1) is 12.6. The fourth-order valence-electron chi connectivity index (χ4n) is 3.29. The fourth-order valence-corrected chi connectivity index (χ4v) is 3.29. The summed E-state index contributed by atoms with van der Waals surface area (Å²) in [6.45, 7) is 9.82. The predicted octanol–water partition coefficient (Wildman–Crippen LogP) is 2.34. The van der Waals surface area contributed by atoms with Crippen LogP contribution < -0.4 is 5.32 Å². The Balaban J connectivity index is 2.23. The lowest BCUT2D eigenvalue weighted by molar-refractivity contribution is 0.308. The third kappa shape index (κ3) is 1.77. The summed E-state index contributed by atoms with van der Waals surface area (Å²) in [5.74, 6) is 1.79. The lowest BCUT2D eigenvalue weighted by Crippen LogP contribution is -2.37. The number of rotatable bonds is 3. The summed E-state index contributed by atoms with van der Waals surface area (Å²) in [4.78, 5) is 9.43. The molecule has 1 atom stereocenters. The number of hydrogen-bond acceptors (Lipinski definition) is 3. The van der Waals surface area contributed by atoms with Gasteiger partial charge in [-0.15, -0.1) is 0 Å². The Labute approximate surface area is 114 Å². The zero-order valence-electron chi connectivity index (χ0n) is 12.0. The van der Waals surface area contributed by atoms with E-state index in [1.54, 1.807) is 0 Å². The highest BCUT2D eigenvalue weighted by atomic mass is 15.1. The average molecular weight is 258 g/mol. The number of imidazole rings is 1. The second-order valence-electron chi connectivity index (χ2n) is 5.76. The molecule has 0 spiro atoms. The van der Waals surface area contributed by atoms with Gasteiger partial charge >= 0.3 is 0 Å². The van der Waals surface area contributed by atoms with Gasteiger partial charge in [-0.2, -0.15) is 0 Å². The summed E-state index contributed by atoms with van der Waals surface area (Å²) >= 11 is 0. The van der Waals surface area contributed by atoms with E-state index in [1.165, 1.54) is 5.82 Å². The van der Waals surface area contributed by atoms with Crippen LogP contribution in [0.25, 0.3) is 11.2 Å². The quantitative estimate of drug-likeness (QED) is 0.919. The van der Waals surface area contributed by atoms with E-state index in [1.807, 2.05) is 12.3 Å². The van der Waals surface area contributed by atoms with Gasteiger partial charge in [0.15, 0.2) is 5.65 Å². The molecule has 0 aliphatic carbocycles. The van der Waals surface area contributed by atoms with Crippen molar-refractivity contribution < 1.29 is 0 Å². The highest BCUT2D eigenvalue weighted by Gasteiger charge is 2.42. The van der Waals surface area contributed by atoms with Crippen molar-refractivity contribution in [3.05, 3.63) is 24.2 Å². The van der Waals surface area contributed by atoms with Gasteiger partial charge in [0.1, 0.15) is 11.3 Å². The third-order valence-corrected chi connectivity index (χ3v) is 4.56. The first-order valence-electron chi connectivity index (χ1n) is 7.21. The van der Waals surface area contributed by atoms with E-state index in [0.717, 1.165) is 37.2 Å². The Bertz CT molecular complexity index is 579. The minimum Gasteiger partial charge on any atom is -0.316 e. The number of nitrogens with one attached hydrogen (secondary N) is 1. The standard InChI is InChI=1S/C15H22N4/c1-4-19-13-12(6-5-8-17-13)18-14(19)15(11(2)3)7-9-16-10-15/h5-6,8,11,16H,4,7,9-10H2,1-3H3. The van der Waals surface area contributed by atoms with E-state index in [2.05, 4.69) is 41.7 Å². The summed E-state index contributed by atoms with van der Waals surface area (Å²) < 4.78 is 2.29. The van der Waals surface area contributed by atoms with E-state index in [9.17, 15) is 0 Å². The maximum absolute atomic E-state index is 4.92. The van der Waals surface area contributed by atoms with E-state index in [4.69, 9.17) is 4.98 Å². The molecule has 0 saturated carbocycles. The molecule has 2 aromatic heterocycles. The van der Waals surface area contributed by atoms with Crippen LogP contribution in [-0.4, -0.2) is 27.6 Å². The fraction of sp³-hybridized carbons (Fsp3) is 0.600. The molecular weight excluding hydrogens is 236 g/mol. The number of aryl methyl sites for hydroxylation is 1. The first-order chi connectivity index (χ1) is 9.19. The van der Waals surface area contributed by atoms with E-state index in [-0.39, 0.29) is 5.41 Å². The Morgan fingerprint density at radius 2 is 2.32 bits per heavy atom. The van der Waals surface area contributed by atoms with Gasteiger partial charge in [0.05, 0.1) is 0 Å². The van der Waals surface area contributed by atoms with Crippen LogP contribution in [0, 0.1) is 5.92 Å². The summed E-state index contributed by atoms with van der Waals surface area (Å²) in [5, 5.41) is 3.51. The highest BCUT2D eigenvalue weighted by molar-refractivity contribution is 5.71. The molecular formula is C15H22N4. The Morgan fingerprint density at radius 1 is 1.47 bits per heavy atom. The van der Waals surface area contributed by atoms with E-state index >= 15 is 0 Å². The molecule has 2 aromatic rings. The Morgan fingerprint density at radius 3 is 2.95 bits per heavy atom. The topological polar surface area (TPSA) is 42.7 Å². The lowest BCUT2D eigenvalue weighted by Gasteiger charge is -2.32. The molecule has 3 rings (SSSR count). The van der Waals surface area contributed by atoms with Gasteiger partial charge in [-0.3, -0.25) is 0 Å². The number of fused-ring (bicyclic) bond motifs is 1. The number of aromatic nitrogens is 3. The zero-order chi connectivity index (χ0) is 13.5. The van der Waals surface area contributed by atoms with Crippen molar-refractivity contribution in [1.29, 1.82) is 0 Å². The minimum absolute atomic E-state index is 0.150. The molecule has 1 N–H and O–H groups in total. The molecule has 1 saturated heterocycles. The molecule has 4 nitrogen and oxygen atoms in total. The van der Waals surface area contributed by atoms with Gasteiger partial charge in [0.2, 0.25) is 0 Å². The number of hydrogen-bond donors (Lipinski definition) is 1. The maximum atomic E-state index is 4.92. The van der Waals surface area contributed by atoms with Gasteiger partial charge < -0.3 is 9.88 Å². The minimum atomic E-state index is 0.150. The van der Waals surface area contributed by atoms with Crippen LogP contribution in [0.4, 0.5) is 0 Å². The van der Waals surface area contributed by atoms with Gasteiger partial charge in [-0.25, -0.2) is 9.97 Å². The van der Waals surface area contributed by atoms with E-state index in [0.29, 0.717) is 5.92 Å². The second kappa shape index (κ2) is 4.60. The first-order valence-corrected chi connectivity index (χ1v) is 7.21. The Hall–Kier alpha value is -1.42. The largest absolute Gasteiger partial charge is 0.316 e. The van der Waals surface area contributed by atoms with Crippen LogP contribution in [0.15, 0.2) is 18.3 Å². The normalized spacial score (nSPS) is 23.6. The number of nitrogens with zero attached hydrogens (tertiary/aromatic N) is 3. The molecule has 1 fully saturated rings. The molecule has 1 aliphatic heterocycles. The smallest absolute Gasteiger partial charge is 0.159 e. The predicted molar refractivity (Wildman–Crippen MR) is 77.2 cm³/mol. The van der Waals surface area contributed by atoms with Gasteiger partial charge in [0, 0.05) is 24.7 Å². The van der Waals surface area contributed by atoms with Crippen LogP contribution in [-0.2, 0) is 12.0 Å². The van der Waals surface area contributed by atoms with Crippen molar-refractivity contribution in [2.75, 3.05) is 13.1 Å². The lowest BCUT2D eigenvalue weighted by atomic mass is 9.75. The molecule has 102 valence electrons. The summed E-state index contributed by atoms with van der Waals surface area (Å²) in [6.07, 6.45) is 3.02. The third-order valence-electron chi connectivity index (χ3n) is 4.56. The van der Waals surface area contributed by atoms with Crippen molar-refractivity contribution in [1.82, 2.24) is 19.9 Å². The highest BCUT2D eigenvalue weighted by Crippen LogP contribution is 2.38. The SMILES string of the molecule is CCn1c(C2(C(C)C)CCNC2)nc2cccnc21. The molecule has 0 aromatic carbocycles. The maximum Gasteiger partial charge on any atom is 0.159 e. The summed E-state index contributed by atoms with van der Waals surface area (Å²) in [6, 6.07) is 4.03.